The smallest absolute Gasteiger partial charge is 0.332 e. The standard InChI is InChI=1S/C18H21F2N7O2/c1-25(2)8-4-7-21-17-22-14-15(23-24-17)27(18(29)26(3)16(14)28)10-11-5-6-12(19)13(20)9-11/h5-6,9H,4,7-8,10H2,1-3H3,(H,21,22,24). The number of rotatable bonds is 7. The summed E-state index contributed by atoms with van der Waals surface area (Å²) in [5.74, 6) is -1.85. The van der Waals surface area contributed by atoms with Gasteiger partial charge in [-0.1, -0.05) is 6.07 Å². The van der Waals surface area contributed by atoms with E-state index in [4.69, 9.17) is 0 Å². The van der Waals surface area contributed by atoms with Crippen LogP contribution in [0.5, 0.6) is 0 Å². The van der Waals surface area contributed by atoms with E-state index < -0.39 is 22.9 Å². The molecular weight excluding hydrogens is 384 g/mol. The Morgan fingerprint density at radius 1 is 1.14 bits per heavy atom. The van der Waals surface area contributed by atoms with Gasteiger partial charge >= 0.3 is 5.69 Å². The maximum Gasteiger partial charge on any atom is 0.332 e. The van der Waals surface area contributed by atoms with Gasteiger partial charge < -0.3 is 10.2 Å². The van der Waals surface area contributed by atoms with Crippen LogP contribution in [0.1, 0.15) is 12.0 Å². The van der Waals surface area contributed by atoms with Gasteiger partial charge in [0.15, 0.2) is 22.8 Å². The molecule has 0 aliphatic carbocycles. The second kappa shape index (κ2) is 8.43. The molecule has 0 amide bonds. The molecule has 0 fully saturated rings. The lowest BCUT2D eigenvalue weighted by molar-refractivity contribution is 0.405. The van der Waals surface area contributed by atoms with E-state index >= 15 is 0 Å². The van der Waals surface area contributed by atoms with E-state index in [2.05, 4.69) is 20.5 Å². The molecule has 0 radical (unpaired) electrons. The van der Waals surface area contributed by atoms with Crippen molar-refractivity contribution < 1.29 is 8.78 Å². The van der Waals surface area contributed by atoms with Gasteiger partial charge in [-0.3, -0.25) is 13.9 Å². The van der Waals surface area contributed by atoms with Gasteiger partial charge in [0.1, 0.15) is 0 Å². The van der Waals surface area contributed by atoms with E-state index in [1.54, 1.807) is 0 Å². The quantitative estimate of drug-likeness (QED) is 0.574. The fourth-order valence-electron chi connectivity index (χ4n) is 2.80. The van der Waals surface area contributed by atoms with Crippen molar-refractivity contribution in [3.05, 3.63) is 56.2 Å². The van der Waals surface area contributed by atoms with Crippen molar-refractivity contribution in [1.29, 1.82) is 0 Å². The number of benzene rings is 1. The first-order valence-corrected chi connectivity index (χ1v) is 8.94. The summed E-state index contributed by atoms with van der Waals surface area (Å²) >= 11 is 0. The van der Waals surface area contributed by atoms with Crippen LogP contribution in [-0.4, -0.2) is 56.4 Å². The molecule has 29 heavy (non-hydrogen) atoms. The second-order valence-electron chi connectivity index (χ2n) is 6.87. The second-order valence-corrected chi connectivity index (χ2v) is 6.87. The van der Waals surface area contributed by atoms with E-state index in [1.807, 2.05) is 19.0 Å². The fraction of sp³-hybridized carbons (Fsp3) is 0.389. The van der Waals surface area contributed by atoms with Gasteiger partial charge in [0.2, 0.25) is 5.95 Å². The van der Waals surface area contributed by atoms with E-state index in [-0.39, 0.29) is 23.7 Å². The number of aromatic nitrogens is 5. The summed E-state index contributed by atoms with van der Waals surface area (Å²) in [4.78, 5) is 31.3. The number of anilines is 1. The van der Waals surface area contributed by atoms with Crippen molar-refractivity contribution in [3.63, 3.8) is 0 Å². The molecule has 154 valence electrons. The van der Waals surface area contributed by atoms with Crippen molar-refractivity contribution in [3.8, 4) is 0 Å². The van der Waals surface area contributed by atoms with Crippen LogP contribution >= 0.6 is 0 Å². The van der Waals surface area contributed by atoms with Crippen LogP contribution < -0.4 is 16.6 Å². The summed E-state index contributed by atoms with van der Waals surface area (Å²) in [6, 6.07) is 3.31. The first-order valence-electron chi connectivity index (χ1n) is 8.94. The number of hydrogen-bond donors (Lipinski definition) is 1. The van der Waals surface area contributed by atoms with Gasteiger partial charge in [-0.15, -0.1) is 10.2 Å². The van der Waals surface area contributed by atoms with Crippen molar-refractivity contribution in [2.75, 3.05) is 32.5 Å². The van der Waals surface area contributed by atoms with Gasteiger partial charge in [-0.25, -0.2) is 18.6 Å². The molecular formula is C18H21F2N7O2. The van der Waals surface area contributed by atoms with E-state index in [9.17, 15) is 18.4 Å². The lowest BCUT2D eigenvalue weighted by atomic mass is 10.2. The maximum atomic E-state index is 13.5. The molecule has 0 aliphatic heterocycles. The first-order chi connectivity index (χ1) is 13.8. The lowest BCUT2D eigenvalue weighted by Gasteiger charge is -2.12. The Kier molecular flexibility index (Phi) is 5.97. The van der Waals surface area contributed by atoms with Crippen molar-refractivity contribution in [1.82, 2.24) is 29.2 Å². The minimum absolute atomic E-state index is 0.0262. The van der Waals surface area contributed by atoms with Gasteiger partial charge in [-0.05, 0) is 44.8 Å². The van der Waals surface area contributed by atoms with Crippen LogP contribution in [0.15, 0.2) is 27.8 Å². The molecule has 2 aromatic heterocycles. The third-order valence-electron chi connectivity index (χ3n) is 4.34. The fourth-order valence-corrected chi connectivity index (χ4v) is 2.80. The maximum absolute atomic E-state index is 13.5. The molecule has 9 nitrogen and oxygen atoms in total. The van der Waals surface area contributed by atoms with Crippen LogP contribution in [0.4, 0.5) is 14.7 Å². The zero-order valence-electron chi connectivity index (χ0n) is 16.3. The highest BCUT2D eigenvalue weighted by Crippen LogP contribution is 2.11. The Morgan fingerprint density at radius 2 is 1.90 bits per heavy atom. The summed E-state index contributed by atoms with van der Waals surface area (Å²) in [7, 11) is 5.24. The third kappa shape index (κ3) is 4.45. The molecule has 0 unspecified atom stereocenters. The molecule has 3 rings (SSSR count). The van der Waals surface area contributed by atoms with Gasteiger partial charge in [0.05, 0.1) is 6.54 Å². The summed E-state index contributed by atoms with van der Waals surface area (Å²) in [6.45, 7) is 1.33. The Hall–Kier alpha value is -3.21. The summed E-state index contributed by atoms with van der Waals surface area (Å²) in [5, 5.41) is 10.9. The normalized spacial score (nSPS) is 11.4. The van der Waals surface area contributed by atoms with Crippen LogP contribution in [0.3, 0.4) is 0 Å². The summed E-state index contributed by atoms with van der Waals surface area (Å²) in [6.07, 6.45) is 0.835. The predicted molar refractivity (Wildman–Crippen MR) is 104 cm³/mol. The van der Waals surface area contributed by atoms with Crippen LogP contribution in [0, 0.1) is 11.6 Å². The average molecular weight is 405 g/mol. The molecule has 1 aromatic carbocycles. The number of halogens is 2. The number of nitrogens with zero attached hydrogens (tertiary/aromatic N) is 6. The Bertz CT molecular complexity index is 1160. The molecule has 0 saturated heterocycles. The molecule has 11 heteroatoms. The summed E-state index contributed by atoms with van der Waals surface area (Å²) in [5.41, 5.74) is -1.01. The number of nitrogens with one attached hydrogen (secondary N) is 1. The molecule has 0 atom stereocenters. The molecule has 0 spiro atoms. The molecule has 0 aliphatic rings. The Balaban J connectivity index is 1.98. The number of fused-ring (bicyclic) bond motifs is 1. The monoisotopic (exact) mass is 405 g/mol. The van der Waals surface area contributed by atoms with E-state index in [1.165, 1.54) is 13.1 Å². The number of hydrogen-bond acceptors (Lipinski definition) is 7. The van der Waals surface area contributed by atoms with Gasteiger partial charge in [-0.2, -0.15) is 0 Å². The third-order valence-corrected chi connectivity index (χ3v) is 4.34. The molecule has 0 saturated carbocycles. The van der Waals surface area contributed by atoms with Crippen molar-refractivity contribution >= 4 is 17.1 Å². The molecule has 3 aromatic rings. The average Bonchev–Trinajstić information content (AvgIpc) is 2.69. The van der Waals surface area contributed by atoms with Crippen LogP contribution in [0.25, 0.3) is 11.2 Å². The van der Waals surface area contributed by atoms with Gasteiger partial charge in [0.25, 0.3) is 5.56 Å². The first kappa shape index (κ1) is 20.5. The van der Waals surface area contributed by atoms with Crippen molar-refractivity contribution in [2.24, 2.45) is 7.05 Å². The molecule has 0 bridgehead atoms. The predicted octanol–water partition coefficient (Wildman–Crippen LogP) is 0.575. The van der Waals surface area contributed by atoms with E-state index in [0.29, 0.717) is 12.1 Å². The topological polar surface area (TPSA) is 97.9 Å². The van der Waals surface area contributed by atoms with E-state index in [0.717, 1.165) is 34.2 Å². The minimum Gasteiger partial charge on any atom is -0.353 e. The largest absolute Gasteiger partial charge is 0.353 e. The highest BCUT2D eigenvalue weighted by molar-refractivity contribution is 5.69. The van der Waals surface area contributed by atoms with Crippen LogP contribution in [0.2, 0.25) is 0 Å². The summed E-state index contributed by atoms with van der Waals surface area (Å²) < 4.78 is 28.7. The molecule has 1 N–H and O–H groups in total. The molecule has 2 heterocycles. The lowest BCUT2D eigenvalue weighted by Crippen LogP contribution is -2.39. The highest BCUT2D eigenvalue weighted by atomic mass is 19.2. The van der Waals surface area contributed by atoms with Crippen molar-refractivity contribution in [2.45, 2.75) is 13.0 Å². The zero-order valence-corrected chi connectivity index (χ0v) is 16.3. The highest BCUT2D eigenvalue weighted by Gasteiger charge is 2.16. The Labute approximate surface area is 164 Å². The Morgan fingerprint density at radius 3 is 2.59 bits per heavy atom. The minimum atomic E-state index is -1.03. The SMILES string of the molecule is CN(C)CCCNc1nnc2c(n1)c(=O)n(C)c(=O)n2Cc1ccc(F)c(F)c1. The zero-order chi connectivity index (χ0) is 21.1. The van der Waals surface area contributed by atoms with Gasteiger partial charge in [0, 0.05) is 13.6 Å². The van der Waals surface area contributed by atoms with Crippen LogP contribution in [-0.2, 0) is 13.6 Å².